The second-order valence-electron chi connectivity index (χ2n) is 6.85. The van der Waals surface area contributed by atoms with Crippen molar-refractivity contribution in [3.05, 3.63) is 35.6 Å². The van der Waals surface area contributed by atoms with Crippen LogP contribution in [0.15, 0.2) is 24.3 Å². The Balaban J connectivity index is 1.54. The summed E-state index contributed by atoms with van der Waals surface area (Å²) in [5.74, 6) is 0.159. The first-order chi connectivity index (χ1) is 11.6. The molecule has 0 spiro atoms. The lowest BCUT2D eigenvalue weighted by molar-refractivity contribution is -0.136. The fraction of sp³-hybridized carbons (Fsp3) is 0.579. The van der Waals surface area contributed by atoms with E-state index in [9.17, 15) is 14.0 Å². The van der Waals surface area contributed by atoms with E-state index in [4.69, 9.17) is 0 Å². The van der Waals surface area contributed by atoms with Crippen LogP contribution in [0.1, 0.15) is 37.7 Å². The molecule has 1 heterocycles. The average Bonchev–Trinajstić information content (AvgIpc) is 2.98. The van der Waals surface area contributed by atoms with Gasteiger partial charge in [-0.2, -0.15) is 0 Å². The maximum Gasteiger partial charge on any atom is 0.227 e. The van der Waals surface area contributed by atoms with Crippen molar-refractivity contribution < 1.29 is 14.0 Å². The van der Waals surface area contributed by atoms with E-state index in [0.29, 0.717) is 25.2 Å². The van der Waals surface area contributed by atoms with Gasteiger partial charge in [0.2, 0.25) is 11.8 Å². The maximum absolute atomic E-state index is 13.2. The van der Waals surface area contributed by atoms with E-state index in [1.54, 1.807) is 12.1 Å². The molecule has 2 fully saturated rings. The van der Waals surface area contributed by atoms with E-state index in [2.05, 4.69) is 0 Å². The Labute approximate surface area is 142 Å². The van der Waals surface area contributed by atoms with Crippen molar-refractivity contribution in [1.29, 1.82) is 0 Å². The van der Waals surface area contributed by atoms with Crippen molar-refractivity contribution in [2.24, 2.45) is 5.92 Å². The van der Waals surface area contributed by atoms with Crippen LogP contribution in [0, 0.1) is 11.7 Å². The molecule has 0 bridgehead atoms. The molecule has 24 heavy (non-hydrogen) atoms. The summed E-state index contributed by atoms with van der Waals surface area (Å²) >= 11 is 0. The van der Waals surface area contributed by atoms with E-state index in [1.165, 1.54) is 12.1 Å². The van der Waals surface area contributed by atoms with Gasteiger partial charge in [0.1, 0.15) is 5.82 Å². The van der Waals surface area contributed by atoms with Crippen LogP contribution in [0.3, 0.4) is 0 Å². The van der Waals surface area contributed by atoms with Crippen molar-refractivity contribution in [2.45, 2.75) is 38.5 Å². The number of rotatable bonds is 3. The molecular weight excluding hydrogens is 307 g/mol. The quantitative estimate of drug-likeness (QED) is 0.854. The molecule has 0 atom stereocenters. The van der Waals surface area contributed by atoms with Crippen LogP contribution >= 0.6 is 0 Å². The summed E-state index contributed by atoms with van der Waals surface area (Å²) < 4.78 is 13.2. The number of benzene rings is 1. The molecule has 1 aliphatic carbocycles. The molecule has 1 saturated carbocycles. The normalized spacial score (nSPS) is 19.4. The Kier molecular flexibility index (Phi) is 5.48. The lowest BCUT2D eigenvalue weighted by Crippen LogP contribution is -2.39. The largest absolute Gasteiger partial charge is 0.341 e. The van der Waals surface area contributed by atoms with Crippen molar-refractivity contribution >= 4 is 11.8 Å². The van der Waals surface area contributed by atoms with Crippen LogP contribution in [-0.4, -0.2) is 47.8 Å². The van der Waals surface area contributed by atoms with Gasteiger partial charge in [-0.15, -0.1) is 0 Å². The Morgan fingerprint density at radius 2 is 1.71 bits per heavy atom. The lowest BCUT2D eigenvalue weighted by atomic mass is 10.1. The molecule has 130 valence electrons. The third-order valence-corrected chi connectivity index (χ3v) is 5.11. The third kappa shape index (κ3) is 4.13. The number of carbonyl (C=O) groups excluding carboxylic acids is 2. The van der Waals surface area contributed by atoms with E-state index in [-0.39, 0.29) is 30.0 Å². The van der Waals surface area contributed by atoms with Gasteiger partial charge in [0, 0.05) is 32.1 Å². The zero-order valence-electron chi connectivity index (χ0n) is 14.0. The summed E-state index contributed by atoms with van der Waals surface area (Å²) in [4.78, 5) is 28.8. The van der Waals surface area contributed by atoms with Crippen LogP contribution in [-0.2, 0) is 16.0 Å². The van der Waals surface area contributed by atoms with Crippen LogP contribution in [0.25, 0.3) is 0 Å². The van der Waals surface area contributed by atoms with Gasteiger partial charge in [-0.1, -0.05) is 25.0 Å². The van der Waals surface area contributed by atoms with E-state index in [1.807, 2.05) is 9.80 Å². The standard InChI is InChI=1S/C19H25FN2O2/c20-17-8-3-5-15(13-17)14-18(23)21-9-4-10-22(12-11-21)19(24)16-6-1-2-7-16/h3,5,8,13,16H,1-2,4,6-7,9-12,14H2. The predicted molar refractivity (Wildman–Crippen MR) is 89.8 cm³/mol. The van der Waals surface area contributed by atoms with Crippen LogP contribution < -0.4 is 0 Å². The van der Waals surface area contributed by atoms with Crippen molar-refractivity contribution in [3.8, 4) is 0 Å². The molecule has 4 nitrogen and oxygen atoms in total. The first-order valence-corrected chi connectivity index (χ1v) is 8.94. The molecule has 1 saturated heterocycles. The summed E-state index contributed by atoms with van der Waals surface area (Å²) in [6.07, 6.45) is 5.36. The summed E-state index contributed by atoms with van der Waals surface area (Å²) in [7, 11) is 0. The highest BCUT2D eigenvalue weighted by Gasteiger charge is 2.29. The summed E-state index contributed by atoms with van der Waals surface area (Å²) in [5.41, 5.74) is 0.697. The number of halogens is 1. The molecule has 0 N–H and O–H groups in total. The van der Waals surface area contributed by atoms with E-state index >= 15 is 0 Å². The van der Waals surface area contributed by atoms with Gasteiger partial charge < -0.3 is 9.80 Å². The highest BCUT2D eigenvalue weighted by atomic mass is 19.1. The Morgan fingerprint density at radius 3 is 2.46 bits per heavy atom. The smallest absolute Gasteiger partial charge is 0.227 e. The molecule has 0 aromatic heterocycles. The lowest BCUT2D eigenvalue weighted by Gasteiger charge is -2.24. The monoisotopic (exact) mass is 332 g/mol. The molecule has 2 aliphatic rings. The molecule has 1 aromatic carbocycles. The van der Waals surface area contributed by atoms with Crippen molar-refractivity contribution in [1.82, 2.24) is 9.80 Å². The van der Waals surface area contributed by atoms with Crippen molar-refractivity contribution in [2.75, 3.05) is 26.2 Å². The first kappa shape index (κ1) is 16.9. The minimum Gasteiger partial charge on any atom is -0.341 e. The van der Waals surface area contributed by atoms with Gasteiger partial charge >= 0.3 is 0 Å². The molecule has 1 aliphatic heterocycles. The van der Waals surface area contributed by atoms with Gasteiger partial charge in [0.15, 0.2) is 0 Å². The van der Waals surface area contributed by atoms with Crippen LogP contribution in [0.5, 0.6) is 0 Å². The second kappa shape index (κ2) is 7.77. The van der Waals surface area contributed by atoms with Gasteiger partial charge in [-0.25, -0.2) is 4.39 Å². The summed E-state index contributed by atoms with van der Waals surface area (Å²) in [6.45, 7) is 2.60. The number of nitrogens with zero attached hydrogens (tertiary/aromatic N) is 2. The highest BCUT2D eigenvalue weighted by Crippen LogP contribution is 2.27. The highest BCUT2D eigenvalue weighted by molar-refractivity contribution is 5.80. The molecule has 5 heteroatoms. The first-order valence-electron chi connectivity index (χ1n) is 8.94. The van der Waals surface area contributed by atoms with Crippen molar-refractivity contribution in [3.63, 3.8) is 0 Å². The van der Waals surface area contributed by atoms with Gasteiger partial charge in [-0.05, 0) is 37.0 Å². The number of amides is 2. The second-order valence-corrected chi connectivity index (χ2v) is 6.85. The fourth-order valence-corrected chi connectivity index (χ4v) is 3.75. The number of hydrogen-bond acceptors (Lipinski definition) is 2. The SMILES string of the molecule is O=C(Cc1cccc(F)c1)N1CCCN(C(=O)C2CCCC2)CC1. The van der Waals surface area contributed by atoms with Gasteiger partial charge in [0.25, 0.3) is 0 Å². The van der Waals surface area contributed by atoms with Crippen LogP contribution in [0.4, 0.5) is 4.39 Å². The molecule has 0 radical (unpaired) electrons. The molecule has 0 unspecified atom stereocenters. The number of hydrogen-bond donors (Lipinski definition) is 0. The Morgan fingerprint density at radius 1 is 1.00 bits per heavy atom. The van der Waals surface area contributed by atoms with Gasteiger partial charge in [-0.3, -0.25) is 9.59 Å². The number of carbonyl (C=O) groups is 2. The van der Waals surface area contributed by atoms with Gasteiger partial charge in [0.05, 0.1) is 6.42 Å². The minimum absolute atomic E-state index is 0.00997. The maximum atomic E-state index is 13.2. The summed E-state index contributed by atoms with van der Waals surface area (Å²) in [6, 6.07) is 6.19. The van der Waals surface area contributed by atoms with E-state index < -0.39 is 0 Å². The Bertz CT molecular complexity index is 599. The fourth-order valence-electron chi connectivity index (χ4n) is 3.75. The predicted octanol–water partition coefficient (Wildman–Crippen LogP) is 2.62. The summed E-state index contributed by atoms with van der Waals surface area (Å²) in [5, 5.41) is 0. The molecule has 1 aromatic rings. The average molecular weight is 332 g/mol. The van der Waals surface area contributed by atoms with E-state index in [0.717, 1.165) is 38.6 Å². The van der Waals surface area contributed by atoms with Crippen LogP contribution in [0.2, 0.25) is 0 Å². The molecular formula is C19H25FN2O2. The molecule has 3 rings (SSSR count). The topological polar surface area (TPSA) is 40.6 Å². The zero-order chi connectivity index (χ0) is 16.9. The third-order valence-electron chi connectivity index (χ3n) is 5.11. The molecule has 2 amide bonds. The zero-order valence-corrected chi connectivity index (χ0v) is 14.0. The Hall–Kier alpha value is -1.91. The minimum atomic E-state index is -0.315.